The van der Waals surface area contributed by atoms with Crippen molar-refractivity contribution in [2.24, 2.45) is 0 Å². The Morgan fingerprint density at radius 3 is 2.47 bits per heavy atom. The first kappa shape index (κ1) is 12.6. The van der Waals surface area contributed by atoms with Gasteiger partial charge in [0, 0.05) is 6.04 Å². The van der Waals surface area contributed by atoms with Gasteiger partial charge < -0.3 is 5.32 Å². The standard InChI is InChI=1S/C16H25N/c1-5-17-15-7-6-14(10-15)16-9-12(3)11(2)8-13(16)4/h8-9,14-15,17H,5-7,10H2,1-4H3. The molecular weight excluding hydrogens is 206 g/mol. The molecule has 1 aliphatic rings. The maximum Gasteiger partial charge on any atom is 0.00729 e. The summed E-state index contributed by atoms with van der Waals surface area (Å²) < 4.78 is 0. The molecule has 1 N–H and O–H groups in total. The molecule has 17 heavy (non-hydrogen) atoms. The molecule has 2 rings (SSSR count). The molecule has 1 aliphatic carbocycles. The van der Waals surface area contributed by atoms with Crippen molar-refractivity contribution in [2.75, 3.05) is 6.54 Å². The van der Waals surface area contributed by atoms with E-state index >= 15 is 0 Å². The summed E-state index contributed by atoms with van der Waals surface area (Å²) in [5.41, 5.74) is 5.94. The van der Waals surface area contributed by atoms with Gasteiger partial charge in [-0.3, -0.25) is 0 Å². The Balaban J connectivity index is 2.16. The summed E-state index contributed by atoms with van der Waals surface area (Å²) in [6.07, 6.45) is 4.00. The number of rotatable bonds is 3. The summed E-state index contributed by atoms with van der Waals surface area (Å²) in [6.45, 7) is 10.0. The first-order chi connectivity index (χ1) is 8.11. The average Bonchev–Trinajstić information content (AvgIpc) is 2.72. The third-order valence-electron chi connectivity index (χ3n) is 4.25. The van der Waals surface area contributed by atoms with E-state index < -0.39 is 0 Å². The molecule has 1 aromatic rings. The van der Waals surface area contributed by atoms with Crippen molar-refractivity contribution in [3.8, 4) is 0 Å². The summed E-state index contributed by atoms with van der Waals surface area (Å²) in [7, 11) is 0. The fourth-order valence-corrected chi connectivity index (χ4v) is 3.16. The zero-order valence-corrected chi connectivity index (χ0v) is 11.6. The smallest absolute Gasteiger partial charge is 0.00729 e. The molecule has 1 fully saturated rings. The van der Waals surface area contributed by atoms with Crippen molar-refractivity contribution >= 4 is 0 Å². The molecule has 0 bridgehead atoms. The molecule has 1 aromatic carbocycles. The van der Waals surface area contributed by atoms with Gasteiger partial charge in [0.2, 0.25) is 0 Å². The van der Waals surface area contributed by atoms with E-state index in [0.717, 1.165) is 18.5 Å². The lowest BCUT2D eigenvalue weighted by atomic mass is 9.90. The number of hydrogen-bond acceptors (Lipinski definition) is 1. The van der Waals surface area contributed by atoms with Crippen LogP contribution in [-0.4, -0.2) is 12.6 Å². The minimum atomic E-state index is 0.742. The van der Waals surface area contributed by atoms with Crippen LogP contribution in [0.2, 0.25) is 0 Å². The van der Waals surface area contributed by atoms with E-state index in [9.17, 15) is 0 Å². The van der Waals surface area contributed by atoms with E-state index in [4.69, 9.17) is 0 Å². The van der Waals surface area contributed by atoms with E-state index in [1.165, 1.54) is 36.0 Å². The van der Waals surface area contributed by atoms with E-state index in [2.05, 4.69) is 45.1 Å². The van der Waals surface area contributed by atoms with Crippen LogP contribution in [-0.2, 0) is 0 Å². The fourth-order valence-electron chi connectivity index (χ4n) is 3.16. The lowest BCUT2D eigenvalue weighted by Crippen LogP contribution is -2.25. The Bertz CT molecular complexity index is 395. The molecule has 0 aliphatic heterocycles. The first-order valence-corrected chi connectivity index (χ1v) is 6.93. The van der Waals surface area contributed by atoms with Crippen molar-refractivity contribution < 1.29 is 0 Å². The molecule has 0 aromatic heterocycles. The molecule has 1 nitrogen and oxygen atoms in total. The van der Waals surface area contributed by atoms with Crippen LogP contribution in [0.5, 0.6) is 0 Å². The van der Waals surface area contributed by atoms with Gasteiger partial charge in [-0.2, -0.15) is 0 Å². The maximum atomic E-state index is 3.59. The second-order valence-corrected chi connectivity index (χ2v) is 5.56. The maximum absolute atomic E-state index is 3.59. The van der Waals surface area contributed by atoms with Crippen LogP contribution >= 0.6 is 0 Å². The lowest BCUT2D eigenvalue weighted by molar-refractivity contribution is 0.534. The van der Waals surface area contributed by atoms with Gasteiger partial charge in [-0.05, 0) is 74.8 Å². The molecule has 0 heterocycles. The van der Waals surface area contributed by atoms with Crippen LogP contribution in [0, 0.1) is 20.8 Å². The molecule has 1 heteroatoms. The minimum absolute atomic E-state index is 0.742. The van der Waals surface area contributed by atoms with Crippen LogP contribution in [0.3, 0.4) is 0 Å². The summed E-state index contributed by atoms with van der Waals surface area (Å²) in [4.78, 5) is 0. The van der Waals surface area contributed by atoms with E-state index in [1.807, 2.05) is 0 Å². The minimum Gasteiger partial charge on any atom is -0.314 e. The van der Waals surface area contributed by atoms with Gasteiger partial charge >= 0.3 is 0 Å². The zero-order chi connectivity index (χ0) is 12.4. The SMILES string of the molecule is CCNC1CCC(c2cc(C)c(C)cc2C)C1. The summed E-state index contributed by atoms with van der Waals surface area (Å²) in [5, 5.41) is 3.59. The normalized spacial score (nSPS) is 24.2. The molecule has 2 atom stereocenters. The van der Waals surface area contributed by atoms with Crippen LogP contribution < -0.4 is 5.32 Å². The third-order valence-corrected chi connectivity index (χ3v) is 4.25. The van der Waals surface area contributed by atoms with Gasteiger partial charge in [0.05, 0.1) is 0 Å². The largest absolute Gasteiger partial charge is 0.314 e. The third kappa shape index (κ3) is 2.71. The second-order valence-electron chi connectivity index (χ2n) is 5.56. The Labute approximate surface area is 106 Å². The van der Waals surface area contributed by atoms with E-state index in [-0.39, 0.29) is 0 Å². The molecule has 2 unspecified atom stereocenters. The Hall–Kier alpha value is -0.820. The lowest BCUT2D eigenvalue weighted by Gasteiger charge is -2.16. The predicted molar refractivity (Wildman–Crippen MR) is 74.7 cm³/mol. The van der Waals surface area contributed by atoms with Gasteiger partial charge in [-0.15, -0.1) is 0 Å². The molecule has 0 radical (unpaired) electrons. The van der Waals surface area contributed by atoms with Gasteiger partial charge in [-0.25, -0.2) is 0 Å². The molecule has 1 saturated carbocycles. The van der Waals surface area contributed by atoms with Gasteiger partial charge in [0.1, 0.15) is 0 Å². The highest BCUT2D eigenvalue weighted by molar-refractivity contribution is 5.39. The van der Waals surface area contributed by atoms with E-state index in [0.29, 0.717) is 0 Å². The Morgan fingerprint density at radius 2 is 1.76 bits per heavy atom. The first-order valence-electron chi connectivity index (χ1n) is 6.93. The van der Waals surface area contributed by atoms with Crippen molar-refractivity contribution in [1.29, 1.82) is 0 Å². The average molecular weight is 231 g/mol. The van der Waals surface area contributed by atoms with Crippen LogP contribution in [0.4, 0.5) is 0 Å². The zero-order valence-electron chi connectivity index (χ0n) is 11.6. The van der Waals surface area contributed by atoms with Gasteiger partial charge in [-0.1, -0.05) is 19.1 Å². The van der Waals surface area contributed by atoms with Gasteiger partial charge in [0.25, 0.3) is 0 Å². The highest BCUT2D eigenvalue weighted by Gasteiger charge is 2.26. The Morgan fingerprint density at radius 1 is 1.06 bits per heavy atom. The number of nitrogens with one attached hydrogen (secondary N) is 1. The van der Waals surface area contributed by atoms with E-state index in [1.54, 1.807) is 5.56 Å². The fraction of sp³-hybridized carbons (Fsp3) is 0.625. The molecule has 94 valence electrons. The van der Waals surface area contributed by atoms with Gasteiger partial charge in [0.15, 0.2) is 0 Å². The quantitative estimate of drug-likeness (QED) is 0.833. The highest BCUT2D eigenvalue weighted by atomic mass is 14.9. The van der Waals surface area contributed by atoms with Crippen LogP contribution in [0.1, 0.15) is 54.4 Å². The number of benzene rings is 1. The van der Waals surface area contributed by atoms with Crippen molar-refractivity contribution in [3.63, 3.8) is 0 Å². The molecule has 0 amide bonds. The topological polar surface area (TPSA) is 12.0 Å². The van der Waals surface area contributed by atoms with Crippen molar-refractivity contribution in [1.82, 2.24) is 5.32 Å². The highest BCUT2D eigenvalue weighted by Crippen LogP contribution is 2.36. The van der Waals surface area contributed by atoms with Crippen molar-refractivity contribution in [2.45, 2.75) is 58.9 Å². The van der Waals surface area contributed by atoms with Crippen LogP contribution in [0.15, 0.2) is 12.1 Å². The predicted octanol–water partition coefficient (Wildman–Crippen LogP) is 3.86. The Kier molecular flexibility index (Phi) is 3.88. The molecule has 0 saturated heterocycles. The van der Waals surface area contributed by atoms with Crippen molar-refractivity contribution in [3.05, 3.63) is 34.4 Å². The molecular formula is C16H25N. The summed E-state index contributed by atoms with van der Waals surface area (Å²) in [5.74, 6) is 0.776. The summed E-state index contributed by atoms with van der Waals surface area (Å²) in [6, 6.07) is 5.51. The number of aryl methyl sites for hydroxylation is 3. The second kappa shape index (κ2) is 5.22. The summed E-state index contributed by atoms with van der Waals surface area (Å²) >= 11 is 0. The molecule has 0 spiro atoms. The monoisotopic (exact) mass is 231 g/mol. The number of hydrogen-bond donors (Lipinski definition) is 1. The van der Waals surface area contributed by atoms with Crippen LogP contribution in [0.25, 0.3) is 0 Å².